The second-order valence-electron chi connectivity index (χ2n) is 4.15. The summed E-state index contributed by atoms with van der Waals surface area (Å²) in [6, 6.07) is 8.41. The molecule has 0 amide bonds. The summed E-state index contributed by atoms with van der Waals surface area (Å²) >= 11 is 0. The molecular formula is C14H18O. The van der Waals surface area contributed by atoms with Crippen molar-refractivity contribution >= 4 is 0 Å². The van der Waals surface area contributed by atoms with Gasteiger partial charge in [-0.2, -0.15) is 0 Å². The molecule has 15 heavy (non-hydrogen) atoms. The molecule has 1 heteroatoms. The Morgan fingerprint density at radius 2 is 2.07 bits per heavy atom. The first-order valence-electron chi connectivity index (χ1n) is 5.61. The van der Waals surface area contributed by atoms with E-state index in [1.165, 1.54) is 24.8 Å². The number of allylic oxidation sites excluding steroid dienone is 2. The van der Waals surface area contributed by atoms with Gasteiger partial charge >= 0.3 is 0 Å². The van der Waals surface area contributed by atoms with Crippen LogP contribution in [0.4, 0.5) is 0 Å². The van der Waals surface area contributed by atoms with Gasteiger partial charge in [0.2, 0.25) is 0 Å². The monoisotopic (exact) mass is 202 g/mol. The van der Waals surface area contributed by atoms with Crippen LogP contribution in [-0.2, 0) is 6.42 Å². The second-order valence-corrected chi connectivity index (χ2v) is 4.15. The molecule has 0 radical (unpaired) electrons. The van der Waals surface area contributed by atoms with Crippen LogP contribution in [0.15, 0.2) is 35.9 Å². The summed E-state index contributed by atoms with van der Waals surface area (Å²) in [6.07, 6.45) is 6.07. The SMILES string of the molecule is C/C=C1\CC1CCc1ccc(OC)cc1. The fourth-order valence-electron chi connectivity index (χ4n) is 2.00. The van der Waals surface area contributed by atoms with Crippen molar-refractivity contribution in [1.82, 2.24) is 0 Å². The number of rotatable bonds is 4. The zero-order valence-corrected chi connectivity index (χ0v) is 9.49. The van der Waals surface area contributed by atoms with E-state index in [1.807, 2.05) is 12.1 Å². The van der Waals surface area contributed by atoms with E-state index in [-0.39, 0.29) is 0 Å². The van der Waals surface area contributed by atoms with Gasteiger partial charge in [0.05, 0.1) is 7.11 Å². The van der Waals surface area contributed by atoms with Crippen molar-refractivity contribution < 1.29 is 4.74 Å². The molecule has 2 rings (SSSR count). The van der Waals surface area contributed by atoms with Crippen molar-refractivity contribution in [3.05, 3.63) is 41.5 Å². The molecule has 1 aliphatic carbocycles. The lowest BCUT2D eigenvalue weighted by Crippen LogP contribution is -1.88. The van der Waals surface area contributed by atoms with Gasteiger partial charge in [-0.25, -0.2) is 0 Å². The fourth-order valence-corrected chi connectivity index (χ4v) is 2.00. The Labute approximate surface area is 91.8 Å². The molecule has 1 nitrogen and oxygen atoms in total. The van der Waals surface area contributed by atoms with Gasteiger partial charge in [0.15, 0.2) is 0 Å². The lowest BCUT2D eigenvalue weighted by molar-refractivity contribution is 0.414. The molecule has 0 saturated heterocycles. The van der Waals surface area contributed by atoms with Gasteiger partial charge in [-0.1, -0.05) is 23.8 Å². The first-order valence-corrected chi connectivity index (χ1v) is 5.61. The molecular weight excluding hydrogens is 184 g/mol. The van der Waals surface area contributed by atoms with E-state index in [4.69, 9.17) is 4.74 Å². The molecule has 1 fully saturated rings. The highest BCUT2D eigenvalue weighted by molar-refractivity contribution is 5.28. The number of aryl methyl sites for hydroxylation is 1. The molecule has 0 heterocycles. The summed E-state index contributed by atoms with van der Waals surface area (Å²) in [6.45, 7) is 2.14. The smallest absolute Gasteiger partial charge is 0.118 e. The Bertz CT molecular complexity index is 348. The van der Waals surface area contributed by atoms with E-state index in [9.17, 15) is 0 Å². The van der Waals surface area contributed by atoms with Crippen molar-refractivity contribution in [3.63, 3.8) is 0 Å². The molecule has 0 N–H and O–H groups in total. The number of hydrogen-bond donors (Lipinski definition) is 0. The van der Waals surface area contributed by atoms with Gasteiger partial charge in [0.1, 0.15) is 5.75 Å². The van der Waals surface area contributed by atoms with Crippen molar-refractivity contribution in [3.8, 4) is 5.75 Å². The molecule has 1 aromatic rings. The average molecular weight is 202 g/mol. The summed E-state index contributed by atoms with van der Waals surface area (Å²) in [4.78, 5) is 0. The summed E-state index contributed by atoms with van der Waals surface area (Å²) in [5.74, 6) is 1.82. The minimum absolute atomic E-state index is 0.872. The summed E-state index contributed by atoms with van der Waals surface area (Å²) in [5.41, 5.74) is 3.06. The van der Waals surface area contributed by atoms with E-state index in [0.717, 1.165) is 11.7 Å². The molecule has 1 atom stereocenters. The minimum atomic E-state index is 0.872. The molecule has 80 valence electrons. The first-order chi connectivity index (χ1) is 7.33. The zero-order valence-electron chi connectivity index (χ0n) is 9.49. The molecule has 0 bridgehead atoms. The van der Waals surface area contributed by atoms with E-state index in [0.29, 0.717) is 0 Å². The number of benzene rings is 1. The van der Waals surface area contributed by atoms with Crippen LogP contribution < -0.4 is 4.74 Å². The summed E-state index contributed by atoms with van der Waals surface area (Å²) < 4.78 is 5.13. The third-order valence-electron chi connectivity index (χ3n) is 3.16. The average Bonchev–Trinajstić information content (AvgIpc) is 3.06. The third-order valence-corrected chi connectivity index (χ3v) is 3.16. The quantitative estimate of drug-likeness (QED) is 0.678. The van der Waals surface area contributed by atoms with Crippen LogP contribution >= 0.6 is 0 Å². The minimum Gasteiger partial charge on any atom is -0.497 e. The van der Waals surface area contributed by atoms with E-state index < -0.39 is 0 Å². The van der Waals surface area contributed by atoms with Crippen molar-refractivity contribution in [1.29, 1.82) is 0 Å². The van der Waals surface area contributed by atoms with Gasteiger partial charge in [-0.05, 0) is 49.8 Å². The maximum Gasteiger partial charge on any atom is 0.118 e. The normalized spacial score (nSPS) is 21.7. The predicted octanol–water partition coefficient (Wildman–Crippen LogP) is 3.59. The molecule has 0 aromatic heterocycles. The van der Waals surface area contributed by atoms with Gasteiger partial charge in [-0.3, -0.25) is 0 Å². The Morgan fingerprint density at radius 1 is 1.33 bits per heavy atom. The van der Waals surface area contributed by atoms with Crippen molar-refractivity contribution in [2.75, 3.05) is 7.11 Å². The Hall–Kier alpha value is -1.24. The number of ether oxygens (including phenoxy) is 1. The highest BCUT2D eigenvalue weighted by atomic mass is 16.5. The van der Waals surface area contributed by atoms with Crippen LogP contribution in [0, 0.1) is 5.92 Å². The maximum atomic E-state index is 5.13. The zero-order chi connectivity index (χ0) is 10.7. The van der Waals surface area contributed by atoms with Crippen LogP contribution in [0.1, 0.15) is 25.3 Å². The van der Waals surface area contributed by atoms with Crippen LogP contribution in [0.2, 0.25) is 0 Å². The molecule has 1 aliphatic rings. The van der Waals surface area contributed by atoms with Crippen LogP contribution in [0.3, 0.4) is 0 Å². The lowest BCUT2D eigenvalue weighted by atomic mass is 10.1. The fraction of sp³-hybridized carbons (Fsp3) is 0.429. The number of hydrogen-bond acceptors (Lipinski definition) is 1. The summed E-state index contributed by atoms with van der Waals surface area (Å²) in [5, 5.41) is 0. The van der Waals surface area contributed by atoms with Crippen LogP contribution in [0.25, 0.3) is 0 Å². The Balaban J connectivity index is 1.84. The molecule has 1 saturated carbocycles. The molecule has 1 aromatic carbocycles. The van der Waals surface area contributed by atoms with Crippen molar-refractivity contribution in [2.45, 2.75) is 26.2 Å². The predicted molar refractivity (Wildman–Crippen MR) is 63.2 cm³/mol. The van der Waals surface area contributed by atoms with Gasteiger partial charge in [0.25, 0.3) is 0 Å². The second kappa shape index (κ2) is 4.52. The highest BCUT2D eigenvalue weighted by Gasteiger charge is 2.27. The summed E-state index contributed by atoms with van der Waals surface area (Å²) in [7, 11) is 1.71. The maximum absolute atomic E-state index is 5.13. The third kappa shape index (κ3) is 2.62. The Kier molecular flexibility index (Phi) is 3.10. The lowest BCUT2D eigenvalue weighted by Gasteiger charge is -2.02. The van der Waals surface area contributed by atoms with E-state index in [2.05, 4.69) is 25.1 Å². The van der Waals surface area contributed by atoms with E-state index >= 15 is 0 Å². The first kappa shape index (κ1) is 10.3. The topological polar surface area (TPSA) is 9.23 Å². The van der Waals surface area contributed by atoms with Crippen molar-refractivity contribution in [2.24, 2.45) is 5.92 Å². The Morgan fingerprint density at radius 3 is 2.60 bits per heavy atom. The van der Waals surface area contributed by atoms with E-state index in [1.54, 1.807) is 12.7 Å². The van der Waals surface area contributed by atoms with Gasteiger partial charge in [0, 0.05) is 0 Å². The number of methoxy groups -OCH3 is 1. The highest BCUT2D eigenvalue weighted by Crippen LogP contribution is 2.40. The largest absolute Gasteiger partial charge is 0.497 e. The van der Waals surface area contributed by atoms with Gasteiger partial charge < -0.3 is 4.74 Å². The molecule has 1 unspecified atom stereocenters. The van der Waals surface area contributed by atoms with Crippen LogP contribution in [-0.4, -0.2) is 7.11 Å². The molecule has 0 spiro atoms. The molecule has 0 aliphatic heterocycles. The van der Waals surface area contributed by atoms with Gasteiger partial charge in [-0.15, -0.1) is 0 Å². The standard InChI is InChI=1S/C14H18O/c1-3-12-10-13(12)7-4-11-5-8-14(15-2)9-6-11/h3,5-6,8-9,13H,4,7,10H2,1-2H3/b12-3+. The van der Waals surface area contributed by atoms with Crippen LogP contribution in [0.5, 0.6) is 5.75 Å².